The van der Waals surface area contributed by atoms with Gasteiger partial charge in [-0.1, -0.05) is 13.8 Å². The number of aromatic amines is 1. The summed E-state index contributed by atoms with van der Waals surface area (Å²) in [5.74, 6) is 0.425. The fourth-order valence-corrected chi connectivity index (χ4v) is 4.30. The van der Waals surface area contributed by atoms with Crippen molar-refractivity contribution in [1.29, 1.82) is 0 Å². The highest BCUT2D eigenvalue weighted by molar-refractivity contribution is 9.10. The van der Waals surface area contributed by atoms with Crippen LogP contribution in [0.15, 0.2) is 35.1 Å². The number of anilines is 1. The van der Waals surface area contributed by atoms with Crippen LogP contribution >= 0.6 is 15.9 Å². The van der Waals surface area contributed by atoms with Gasteiger partial charge in [0, 0.05) is 43.3 Å². The summed E-state index contributed by atoms with van der Waals surface area (Å²) in [6.45, 7) is 6.25. The topological polar surface area (TPSA) is 66.9 Å². The Kier molecular flexibility index (Phi) is 7.57. The summed E-state index contributed by atoms with van der Waals surface area (Å²) >= 11 is 3.36. The Morgan fingerprint density at radius 2 is 1.79 bits per heavy atom. The van der Waals surface area contributed by atoms with Gasteiger partial charge in [-0.05, 0) is 59.5 Å². The molecule has 0 aliphatic carbocycles. The third kappa shape index (κ3) is 5.88. The average molecular weight is 520 g/mol. The summed E-state index contributed by atoms with van der Waals surface area (Å²) in [5.41, 5.74) is 0.964. The molecule has 0 unspecified atom stereocenters. The van der Waals surface area contributed by atoms with Crippen LogP contribution in [0.4, 0.5) is 14.7 Å². The van der Waals surface area contributed by atoms with E-state index in [1.807, 2.05) is 13.8 Å². The molecule has 0 amide bonds. The van der Waals surface area contributed by atoms with Crippen LogP contribution in [0.5, 0.6) is 5.75 Å². The molecule has 0 radical (unpaired) electrons. The first kappa shape index (κ1) is 23.6. The smallest absolute Gasteiger partial charge is 0.225 e. The highest BCUT2D eigenvalue weighted by Gasteiger charge is 2.21. The van der Waals surface area contributed by atoms with Crippen LogP contribution in [0.2, 0.25) is 0 Å². The lowest BCUT2D eigenvalue weighted by atomic mass is 9.92. The van der Waals surface area contributed by atoms with Crippen molar-refractivity contribution in [2.45, 2.75) is 45.4 Å². The molecule has 1 saturated heterocycles. The van der Waals surface area contributed by atoms with Crippen LogP contribution in [0.3, 0.4) is 0 Å². The van der Waals surface area contributed by atoms with E-state index in [1.54, 1.807) is 18.5 Å². The van der Waals surface area contributed by atoms with E-state index in [9.17, 15) is 8.78 Å². The normalized spacial score (nSPS) is 14.8. The van der Waals surface area contributed by atoms with Gasteiger partial charge in [0.15, 0.2) is 0 Å². The zero-order valence-electron chi connectivity index (χ0n) is 18.8. The van der Waals surface area contributed by atoms with Crippen LogP contribution in [-0.4, -0.2) is 39.9 Å². The number of nitrogens with one attached hydrogen (secondary N) is 1. The first-order valence-corrected chi connectivity index (χ1v) is 12.1. The Hall–Kier alpha value is -2.55. The average Bonchev–Trinajstić information content (AvgIpc) is 3.27. The van der Waals surface area contributed by atoms with Crippen LogP contribution in [0.1, 0.15) is 51.1 Å². The molecule has 0 spiro atoms. The molecule has 1 N–H and O–H groups in total. The molecular weight excluding hydrogens is 492 g/mol. The maximum Gasteiger partial charge on any atom is 0.225 e. The number of rotatable bonds is 8. The van der Waals surface area contributed by atoms with Gasteiger partial charge in [0.05, 0.1) is 22.3 Å². The van der Waals surface area contributed by atoms with Crippen LogP contribution in [-0.2, 0) is 0 Å². The second-order valence-electron chi connectivity index (χ2n) is 8.75. The summed E-state index contributed by atoms with van der Waals surface area (Å²) in [6, 6.07) is 4.15. The van der Waals surface area contributed by atoms with Crippen molar-refractivity contribution in [3.63, 3.8) is 0 Å². The fourth-order valence-electron chi connectivity index (χ4n) is 4.09. The Morgan fingerprint density at radius 1 is 1.12 bits per heavy atom. The van der Waals surface area contributed by atoms with Crippen molar-refractivity contribution in [2.24, 2.45) is 5.92 Å². The Labute approximate surface area is 200 Å². The lowest BCUT2D eigenvalue weighted by molar-refractivity contribution is 0.277. The zero-order valence-corrected chi connectivity index (χ0v) is 20.4. The number of piperidine rings is 1. The molecule has 2 aromatic heterocycles. The number of aromatic nitrogens is 4. The zero-order chi connectivity index (χ0) is 23.4. The minimum absolute atomic E-state index is 0.132. The molecule has 33 heavy (non-hydrogen) atoms. The molecule has 1 aliphatic heterocycles. The van der Waals surface area contributed by atoms with Crippen LogP contribution in [0, 0.1) is 17.6 Å². The van der Waals surface area contributed by atoms with E-state index in [1.165, 1.54) is 12.1 Å². The predicted octanol–water partition coefficient (Wildman–Crippen LogP) is 6.11. The van der Waals surface area contributed by atoms with E-state index >= 15 is 0 Å². The van der Waals surface area contributed by atoms with Gasteiger partial charge in [0.1, 0.15) is 17.4 Å². The van der Waals surface area contributed by atoms with Gasteiger partial charge in [-0.15, -0.1) is 0 Å². The van der Waals surface area contributed by atoms with Gasteiger partial charge in [-0.25, -0.2) is 18.7 Å². The number of H-pyrrole nitrogens is 1. The van der Waals surface area contributed by atoms with Crippen molar-refractivity contribution in [3.8, 4) is 17.0 Å². The molecule has 3 heterocycles. The second-order valence-corrected chi connectivity index (χ2v) is 9.66. The lowest BCUT2D eigenvalue weighted by Gasteiger charge is -2.32. The molecule has 0 bridgehead atoms. The predicted molar refractivity (Wildman–Crippen MR) is 127 cm³/mol. The Morgan fingerprint density at radius 3 is 2.39 bits per heavy atom. The van der Waals surface area contributed by atoms with E-state index < -0.39 is 11.6 Å². The van der Waals surface area contributed by atoms with Crippen LogP contribution < -0.4 is 9.64 Å². The number of nitrogens with zero attached hydrogens (tertiary/aromatic N) is 4. The maximum atomic E-state index is 14.6. The van der Waals surface area contributed by atoms with Gasteiger partial charge in [0.2, 0.25) is 5.95 Å². The number of benzene rings is 1. The molecule has 3 aromatic rings. The molecule has 176 valence electrons. The number of halogens is 3. The van der Waals surface area contributed by atoms with E-state index in [0.29, 0.717) is 12.5 Å². The van der Waals surface area contributed by atoms with Gasteiger partial charge in [0.25, 0.3) is 0 Å². The van der Waals surface area contributed by atoms with Crippen molar-refractivity contribution in [2.75, 3.05) is 24.6 Å². The highest BCUT2D eigenvalue weighted by atomic mass is 79.9. The number of hydrogen-bond donors (Lipinski definition) is 1. The third-order valence-corrected chi connectivity index (χ3v) is 6.43. The van der Waals surface area contributed by atoms with Gasteiger partial charge in [-0.3, -0.25) is 5.10 Å². The summed E-state index contributed by atoms with van der Waals surface area (Å²) < 4.78 is 35.8. The summed E-state index contributed by atoms with van der Waals surface area (Å²) in [5, 5.41) is 6.89. The SMILES string of the molecule is CC(C)c1cc(-c2c(F)cc(OCCCC3CCN(c4ncc(Br)cn4)CC3)cc2F)n[nH]1. The summed E-state index contributed by atoms with van der Waals surface area (Å²) in [7, 11) is 0. The van der Waals surface area contributed by atoms with Gasteiger partial charge < -0.3 is 9.64 Å². The maximum absolute atomic E-state index is 14.6. The molecule has 9 heteroatoms. The highest BCUT2D eigenvalue weighted by Crippen LogP contribution is 2.30. The van der Waals surface area contributed by atoms with Gasteiger partial charge >= 0.3 is 0 Å². The molecule has 0 atom stereocenters. The summed E-state index contributed by atoms with van der Waals surface area (Å²) in [6.07, 6.45) is 7.52. The molecule has 6 nitrogen and oxygen atoms in total. The van der Waals surface area contributed by atoms with E-state index in [0.717, 1.165) is 54.9 Å². The molecule has 1 aliphatic rings. The molecule has 1 fully saturated rings. The van der Waals surface area contributed by atoms with Crippen molar-refractivity contribution in [3.05, 3.63) is 52.4 Å². The molecular formula is C24H28BrF2N5O. The minimum atomic E-state index is -0.672. The molecule has 4 rings (SSSR count). The quantitative estimate of drug-likeness (QED) is 0.364. The Bertz CT molecular complexity index is 1040. The first-order valence-electron chi connectivity index (χ1n) is 11.3. The van der Waals surface area contributed by atoms with Crippen molar-refractivity contribution in [1.82, 2.24) is 20.2 Å². The largest absolute Gasteiger partial charge is 0.493 e. The van der Waals surface area contributed by atoms with Crippen molar-refractivity contribution < 1.29 is 13.5 Å². The van der Waals surface area contributed by atoms with E-state index in [2.05, 4.69) is 41.0 Å². The van der Waals surface area contributed by atoms with Crippen LogP contribution in [0.25, 0.3) is 11.3 Å². The summed E-state index contributed by atoms with van der Waals surface area (Å²) in [4.78, 5) is 10.9. The lowest BCUT2D eigenvalue weighted by Crippen LogP contribution is -2.34. The molecule has 0 saturated carbocycles. The molecule has 1 aromatic carbocycles. The standard InChI is InChI=1S/C24H28BrF2N5O/c1-15(2)21-12-22(31-30-21)23-19(26)10-18(11-20(23)27)33-9-3-4-16-5-7-32(8-6-16)24-28-13-17(25)14-29-24/h10-16H,3-9H2,1-2H3,(H,30,31). The van der Waals surface area contributed by atoms with E-state index in [-0.39, 0.29) is 22.9 Å². The van der Waals surface area contributed by atoms with Gasteiger partial charge in [-0.2, -0.15) is 5.10 Å². The fraction of sp³-hybridized carbons (Fsp3) is 0.458. The number of hydrogen-bond acceptors (Lipinski definition) is 5. The Balaban J connectivity index is 1.24. The third-order valence-electron chi connectivity index (χ3n) is 6.02. The second kappa shape index (κ2) is 10.6. The number of ether oxygens (including phenoxy) is 1. The monoisotopic (exact) mass is 519 g/mol. The first-order chi connectivity index (χ1) is 15.9. The van der Waals surface area contributed by atoms with E-state index in [4.69, 9.17) is 4.74 Å². The minimum Gasteiger partial charge on any atom is -0.493 e. The van der Waals surface area contributed by atoms with Crippen molar-refractivity contribution >= 4 is 21.9 Å².